The Hall–Kier alpha value is -4.02. The van der Waals surface area contributed by atoms with Crippen molar-refractivity contribution < 1.29 is 34.3 Å². The van der Waals surface area contributed by atoms with Gasteiger partial charge in [0.25, 0.3) is 0 Å². The summed E-state index contributed by atoms with van der Waals surface area (Å²) in [7, 11) is 0. The van der Waals surface area contributed by atoms with Gasteiger partial charge in [0.1, 0.15) is 0 Å². The summed E-state index contributed by atoms with van der Waals surface area (Å²) >= 11 is 0. The summed E-state index contributed by atoms with van der Waals surface area (Å²) in [5, 5.41) is 19.6. The summed E-state index contributed by atoms with van der Waals surface area (Å²) in [6.07, 6.45) is -1.02. The van der Waals surface area contributed by atoms with E-state index in [0.717, 1.165) is 4.90 Å². The molecule has 2 aliphatic heterocycles. The van der Waals surface area contributed by atoms with Crippen LogP contribution in [0, 0.1) is 17.0 Å². The van der Waals surface area contributed by atoms with Crippen LogP contribution in [0.4, 0.5) is 11.4 Å². The molecule has 2 N–H and O–H groups in total. The second-order valence-electron chi connectivity index (χ2n) is 8.76. The first-order valence-corrected chi connectivity index (χ1v) is 11.0. The van der Waals surface area contributed by atoms with Gasteiger partial charge in [0.05, 0.1) is 23.6 Å². The minimum atomic E-state index is -2.17. The van der Waals surface area contributed by atoms with E-state index in [0.29, 0.717) is 5.56 Å². The van der Waals surface area contributed by atoms with Gasteiger partial charge >= 0.3 is 0 Å². The highest BCUT2D eigenvalue weighted by Crippen LogP contribution is 2.57. The molecule has 4 unspecified atom stereocenters. The van der Waals surface area contributed by atoms with Crippen LogP contribution in [0.1, 0.15) is 32.4 Å². The fourth-order valence-corrected chi connectivity index (χ4v) is 5.49. The Labute approximate surface area is 198 Å². The molecule has 9 nitrogen and oxygen atoms in total. The predicted octanol–water partition coefficient (Wildman–Crippen LogP) is 1.79. The quantitative estimate of drug-likeness (QED) is 0.339. The minimum absolute atomic E-state index is 0.0617. The first-order chi connectivity index (χ1) is 16.9. The summed E-state index contributed by atoms with van der Waals surface area (Å²) in [6, 6.07) is 20.4. The SMILES string of the molecule is O=C1C2C(c3ccccc3)OC3(C(=O)c4ccccc4C3=O)C2C(=O)N1c1cccc([NH+]([O-])O)c1. The Morgan fingerprint density at radius 1 is 0.829 bits per heavy atom. The van der Waals surface area contributed by atoms with E-state index in [2.05, 4.69) is 0 Å². The van der Waals surface area contributed by atoms with Gasteiger partial charge in [-0.2, -0.15) is 5.23 Å². The van der Waals surface area contributed by atoms with E-state index in [4.69, 9.17) is 4.74 Å². The third-order valence-corrected chi connectivity index (χ3v) is 7.00. The second kappa shape index (κ2) is 7.49. The van der Waals surface area contributed by atoms with E-state index in [1.54, 1.807) is 42.5 Å². The first kappa shape index (κ1) is 21.5. The number of rotatable bonds is 3. The molecule has 2 amide bonds. The molecule has 3 aromatic carbocycles. The number of imide groups is 1. The third-order valence-electron chi connectivity index (χ3n) is 7.00. The van der Waals surface area contributed by atoms with Crippen LogP contribution in [0.25, 0.3) is 0 Å². The smallest absolute Gasteiger partial charge is 0.241 e. The van der Waals surface area contributed by atoms with E-state index >= 15 is 0 Å². The van der Waals surface area contributed by atoms with Crippen molar-refractivity contribution in [3.05, 3.63) is 101 Å². The molecule has 1 aliphatic carbocycles. The molecule has 0 radical (unpaired) electrons. The Bertz CT molecular complexity index is 1380. The lowest BCUT2D eigenvalue weighted by molar-refractivity contribution is -0.991. The number of benzene rings is 3. The third kappa shape index (κ3) is 2.77. The van der Waals surface area contributed by atoms with Crippen molar-refractivity contribution >= 4 is 34.8 Å². The molecule has 0 aromatic heterocycles. The highest BCUT2D eigenvalue weighted by Gasteiger charge is 2.74. The van der Waals surface area contributed by atoms with Crippen LogP contribution in [-0.4, -0.2) is 34.2 Å². The number of fused-ring (bicyclic) bond motifs is 3. The molecule has 6 rings (SSSR count). The number of hydrogen-bond donors (Lipinski definition) is 2. The number of nitrogens with zero attached hydrogens (tertiary/aromatic N) is 1. The largest absolute Gasteiger partial charge is 0.595 e. The highest BCUT2D eigenvalue weighted by molar-refractivity contribution is 6.37. The van der Waals surface area contributed by atoms with Crippen LogP contribution in [-0.2, 0) is 14.3 Å². The number of ketones is 2. The molecule has 174 valence electrons. The average molecular weight is 470 g/mol. The van der Waals surface area contributed by atoms with Crippen LogP contribution in [0.5, 0.6) is 0 Å². The molecule has 2 saturated heterocycles. The topological polar surface area (TPSA) is 128 Å². The maximum absolute atomic E-state index is 13.8. The molecule has 0 saturated carbocycles. The van der Waals surface area contributed by atoms with Crippen molar-refractivity contribution in [2.24, 2.45) is 11.8 Å². The van der Waals surface area contributed by atoms with Crippen molar-refractivity contribution in [3.63, 3.8) is 0 Å². The zero-order valence-electron chi connectivity index (χ0n) is 18.1. The zero-order valence-corrected chi connectivity index (χ0v) is 18.1. The van der Waals surface area contributed by atoms with Crippen LogP contribution < -0.4 is 10.1 Å². The molecular formula is C26H18N2O7. The fourth-order valence-electron chi connectivity index (χ4n) is 5.49. The maximum atomic E-state index is 13.8. The lowest BCUT2D eigenvalue weighted by atomic mass is 9.77. The van der Waals surface area contributed by atoms with E-state index in [1.165, 1.54) is 36.4 Å². The van der Waals surface area contributed by atoms with Gasteiger partial charge in [-0.1, -0.05) is 60.7 Å². The average Bonchev–Trinajstić information content (AvgIpc) is 3.44. The fraction of sp³-hybridized carbons (Fsp3) is 0.154. The monoisotopic (exact) mass is 470 g/mol. The molecule has 3 aromatic rings. The Kier molecular flexibility index (Phi) is 4.60. The van der Waals surface area contributed by atoms with E-state index in [-0.39, 0.29) is 22.5 Å². The highest BCUT2D eigenvalue weighted by atomic mass is 16.8. The van der Waals surface area contributed by atoms with Gasteiger partial charge in [-0.25, -0.2) is 10.1 Å². The van der Waals surface area contributed by atoms with Crippen molar-refractivity contribution in [2.75, 3.05) is 4.90 Å². The molecule has 2 fully saturated rings. The van der Waals surface area contributed by atoms with Crippen molar-refractivity contribution in [1.82, 2.24) is 0 Å². The number of Topliss-reactive ketones (excluding diaryl/α,β-unsaturated/α-hetero) is 2. The van der Waals surface area contributed by atoms with Gasteiger partial charge in [-0.3, -0.25) is 19.2 Å². The van der Waals surface area contributed by atoms with Crippen molar-refractivity contribution in [3.8, 4) is 0 Å². The molecule has 4 atom stereocenters. The maximum Gasteiger partial charge on any atom is 0.241 e. The summed E-state index contributed by atoms with van der Waals surface area (Å²) in [5.41, 5.74) is -1.36. The van der Waals surface area contributed by atoms with Crippen LogP contribution in [0.15, 0.2) is 78.9 Å². The number of carbonyl (C=O) groups excluding carboxylic acids is 4. The van der Waals surface area contributed by atoms with Gasteiger partial charge < -0.3 is 9.94 Å². The Morgan fingerprint density at radius 2 is 1.46 bits per heavy atom. The summed E-state index contributed by atoms with van der Waals surface area (Å²) in [4.78, 5) is 55.8. The van der Waals surface area contributed by atoms with E-state index < -0.39 is 52.1 Å². The molecule has 3 aliphatic rings. The van der Waals surface area contributed by atoms with Gasteiger partial charge in [0, 0.05) is 23.3 Å². The molecule has 9 heteroatoms. The van der Waals surface area contributed by atoms with Crippen LogP contribution in [0.3, 0.4) is 0 Å². The number of nitrogens with one attached hydrogen (secondary N) is 1. The minimum Gasteiger partial charge on any atom is -0.595 e. The number of carbonyl (C=O) groups is 4. The standard InChI is InChI=1S/C26H18N2O7/c29-22-17-11-4-5-12-18(17)23(30)26(22)20-19(21(35-26)14-7-2-1-3-8-14)24(31)27(25(20)32)15-9-6-10-16(13-15)28(33)34/h1-13,19-21,28,33H. The zero-order chi connectivity index (χ0) is 24.5. The Morgan fingerprint density at radius 3 is 2.09 bits per heavy atom. The van der Waals surface area contributed by atoms with Gasteiger partial charge in [0.2, 0.25) is 29.0 Å². The van der Waals surface area contributed by atoms with Crippen LogP contribution in [0.2, 0.25) is 0 Å². The molecule has 0 bridgehead atoms. The summed E-state index contributed by atoms with van der Waals surface area (Å²) in [5.74, 6) is -5.23. The first-order valence-electron chi connectivity index (χ1n) is 11.0. The molecule has 2 heterocycles. The second-order valence-corrected chi connectivity index (χ2v) is 8.76. The number of quaternary nitrogens is 1. The van der Waals surface area contributed by atoms with E-state index in [1.807, 2.05) is 0 Å². The molecule has 35 heavy (non-hydrogen) atoms. The van der Waals surface area contributed by atoms with Gasteiger partial charge in [0.15, 0.2) is 5.69 Å². The number of ether oxygens (including phenoxy) is 1. The number of hydrogen-bond acceptors (Lipinski definition) is 7. The van der Waals surface area contributed by atoms with E-state index in [9.17, 15) is 29.6 Å². The number of anilines is 1. The molecule has 1 spiro atoms. The van der Waals surface area contributed by atoms with Gasteiger partial charge in [-0.05, 0) is 11.6 Å². The summed E-state index contributed by atoms with van der Waals surface area (Å²) in [6.45, 7) is 0. The normalized spacial score (nSPS) is 25.3. The number of amides is 2. The van der Waals surface area contributed by atoms with Gasteiger partial charge in [-0.15, -0.1) is 0 Å². The lowest BCUT2D eigenvalue weighted by Gasteiger charge is -2.27. The van der Waals surface area contributed by atoms with Crippen molar-refractivity contribution in [2.45, 2.75) is 11.7 Å². The predicted molar refractivity (Wildman–Crippen MR) is 120 cm³/mol. The Balaban J connectivity index is 1.53. The van der Waals surface area contributed by atoms with Crippen molar-refractivity contribution in [1.29, 1.82) is 0 Å². The lowest BCUT2D eigenvalue weighted by Crippen LogP contribution is -2.99. The van der Waals surface area contributed by atoms with Crippen LogP contribution >= 0.6 is 0 Å². The molecular weight excluding hydrogens is 452 g/mol. The summed E-state index contributed by atoms with van der Waals surface area (Å²) < 4.78 is 6.20.